The SMILES string of the molecule is Cc1nc(C(C)C)oc1Cn1cc(CN2CCOC[C@H]2C)nn1. The Morgan fingerprint density at radius 1 is 1.35 bits per heavy atom. The predicted octanol–water partition coefficient (Wildman–Crippen LogP) is 1.97. The number of ether oxygens (including phenoxy) is 1. The third kappa shape index (κ3) is 3.79. The van der Waals surface area contributed by atoms with Gasteiger partial charge in [0.05, 0.1) is 30.8 Å². The average Bonchev–Trinajstić information content (AvgIpc) is 3.10. The van der Waals surface area contributed by atoms with Crippen LogP contribution >= 0.6 is 0 Å². The minimum Gasteiger partial charge on any atom is -0.443 e. The minimum absolute atomic E-state index is 0.288. The lowest BCUT2D eigenvalue weighted by molar-refractivity contribution is -0.00492. The van der Waals surface area contributed by atoms with Crippen molar-refractivity contribution in [2.75, 3.05) is 19.8 Å². The molecule has 1 aliphatic rings. The van der Waals surface area contributed by atoms with Gasteiger partial charge < -0.3 is 9.15 Å². The molecule has 7 nitrogen and oxygen atoms in total. The second kappa shape index (κ2) is 6.80. The molecule has 0 N–H and O–H groups in total. The first-order valence-electron chi connectivity index (χ1n) is 8.20. The molecular formula is C16H25N5O2. The zero-order chi connectivity index (χ0) is 16.4. The van der Waals surface area contributed by atoms with Crippen LogP contribution in [0, 0.1) is 6.92 Å². The molecular weight excluding hydrogens is 294 g/mol. The second-order valence-electron chi connectivity index (χ2n) is 6.52. The molecule has 7 heteroatoms. The number of oxazole rings is 1. The van der Waals surface area contributed by atoms with Crippen molar-refractivity contribution in [1.82, 2.24) is 24.9 Å². The van der Waals surface area contributed by atoms with E-state index in [4.69, 9.17) is 9.15 Å². The molecule has 3 rings (SSSR count). The van der Waals surface area contributed by atoms with Crippen molar-refractivity contribution in [2.45, 2.75) is 52.7 Å². The molecule has 2 aromatic heterocycles. The Morgan fingerprint density at radius 3 is 2.87 bits per heavy atom. The first-order valence-corrected chi connectivity index (χ1v) is 8.20. The topological polar surface area (TPSA) is 69.2 Å². The van der Waals surface area contributed by atoms with Crippen LogP contribution in [0.2, 0.25) is 0 Å². The van der Waals surface area contributed by atoms with Crippen molar-refractivity contribution in [3.05, 3.63) is 29.2 Å². The average molecular weight is 319 g/mol. The van der Waals surface area contributed by atoms with Crippen LogP contribution in [0.3, 0.4) is 0 Å². The van der Waals surface area contributed by atoms with Gasteiger partial charge in [-0.25, -0.2) is 9.67 Å². The summed E-state index contributed by atoms with van der Waals surface area (Å²) in [6.07, 6.45) is 1.99. The molecule has 1 aliphatic heterocycles. The van der Waals surface area contributed by atoms with Crippen LogP contribution in [0.15, 0.2) is 10.6 Å². The van der Waals surface area contributed by atoms with E-state index in [9.17, 15) is 0 Å². The van der Waals surface area contributed by atoms with E-state index in [1.807, 2.05) is 17.8 Å². The first kappa shape index (κ1) is 16.1. The van der Waals surface area contributed by atoms with Crippen molar-refractivity contribution >= 4 is 0 Å². The molecule has 1 saturated heterocycles. The van der Waals surface area contributed by atoms with Crippen molar-refractivity contribution in [2.24, 2.45) is 0 Å². The van der Waals surface area contributed by atoms with E-state index in [0.29, 0.717) is 12.6 Å². The third-order valence-corrected chi connectivity index (χ3v) is 4.17. The molecule has 1 fully saturated rings. The Morgan fingerprint density at radius 2 is 2.17 bits per heavy atom. The van der Waals surface area contributed by atoms with Crippen LogP contribution in [-0.2, 0) is 17.8 Å². The summed E-state index contributed by atoms with van der Waals surface area (Å²) in [5.74, 6) is 1.92. The Kier molecular flexibility index (Phi) is 4.77. The molecule has 0 spiro atoms. The highest BCUT2D eigenvalue weighted by molar-refractivity contribution is 5.10. The van der Waals surface area contributed by atoms with Gasteiger partial charge in [-0.15, -0.1) is 5.10 Å². The predicted molar refractivity (Wildman–Crippen MR) is 85.1 cm³/mol. The summed E-state index contributed by atoms with van der Waals surface area (Å²) in [6.45, 7) is 12.2. The van der Waals surface area contributed by atoms with Gasteiger partial charge in [0.25, 0.3) is 0 Å². The first-order chi connectivity index (χ1) is 11.0. The maximum atomic E-state index is 5.83. The fourth-order valence-electron chi connectivity index (χ4n) is 2.68. The normalized spacial score (nSPS) is 19.6. The molecule has 0 aliphatic carbocycles. The molecule has 0 amide bonds. The quantitative estimate of drug-likeness (QED) is 0.839. The van der Waals surface area contributed by atoms with E-state index in [2.05, 4.69) is 41.0 Å². The zero-order valence-corrected chi connectivity index (χ0v) is 14.3. The number of aromatic nitrogens is 4. The summed E-state index contributed by atoms with van der Waals surface area (Å²) in [6, 6.07) is 0.416. The van der Waals surface area contributed by atoms with E-state index < -0.39 is 0 Å². The molecule has 1 atom stereocenters. The maximum absolute atomic E-state index is 5.83. The molecule has 0 unspecified atom stereocenters. The van der Waals surface area contributed by atoms with Gasteiger partial charge in [0.2, 0.25) is 0 Å². The lowest BCUT2D eigenvalue weighted by Gasteiger charge is -2.32. The summed E-state index contributed by atoms with van der Waals surface area (Å²) in [5, 5.41) is 8.50. The minimum atomic E-state index is 0.288. The summed E-state index contributed by atoms with van der Waals surface area (Å²) in [4.78, 5) is 6.84. The van der Waals surface area contributed by atoms with Crippen molar-refractivity contribution in [1.29, 1.82) is 0 Å². The summed E-state index contributed by atoms with van der Waals surface area (Å²) < 4.78 is 13.1. The smallest absolute Gasteiger partial charge is 0.197 e. The highest BCUT2D eigenvalue weighted by atomic mass is 16.5. The maximum Gasteiger partial charge on any atom is 0.197 e. The van der Waals surface area contributed by atoms with Crippen LogP contribution in [0.25, 0.3) is 0 Å². The number of nitrogens with zero attached hydrogens (tertiary/aromatic N) is 5. The van der Waals surface area contributed by atoms with Crippen LogP contribution in [0.1, 0.15) is 49.7 Å². The van der Waals surface area contributed by atoms with Gasteiger partial charge in [-0.3, -0.25) is 4.90 Å². The van der Waals surface area contributed by atoms with Gasteiger partial charge in [0.1, 0.15) is 12.3 Å². The molecule has 0 radical (unpaired) electrons. The number of morpholine rings is 1. The molecule has 3 heterocycles. The zero-order valence-electron chi connectivity index (χ0n) is 14.3. The Balaban J connectivity index is 1.65. The van der Waals surface area contributed by atoms with Gasteiger partial charge in [-0.05, 0) is 13.8 Å². The summed E-state index contributed by atoms with van der Waals surface area (Å²) in [5.41, 5.74) is 1.90. The van der Waals surface area contributed by atoms with Gasteiger partial charge in [0.15, 0.2) is 5.89 Å². The van der Waals surface area contributed by atoms with E-state index in [1.165, 1.54) is 0 Å². The van der Waals surface area contributed by atoms with E-state index in [0.717, 1.165) is 49.3 Å². The fraction of sp³-hybridized carbons (Fsp3) is 0.688. The lowest BCUT2D eigenvalue weighted by atomic mass is 10.2. The fourth-order valence-corrected chi connectivity index (χ4v) is 2.68. The molecule has 0 aromatic carbocycles. The standard InChI is InChI=1S/C16H25N5O2/c1-11(2)16-17-13(4)15(23-16)9-21-8-14(18-19-21)7-20-5-6-22-10-12(20)3/h8,11-12H,5-7,9-10H2,1-4H3/t12-/m1/s1. The summed E-state index contributed by atoms with van der Waals surface area (Å²) in [7, 11) is 0. The highest BCUT2D eigenvalue weighted by Gasteiger charge is 2.20. The Labute approximate surface area is 136 Å². The van der Waals surface area contributed by atoms with Crippen LogP contribution in [0.5, 0.6) is 0 Å². The second-order valence-corrected chi connectivity index (χ2v) is 6.52. The van der Waals surface area contributed by atoms with E-state index in [1.54, 1.807) is 0 Å². The molecule has 23 heavy (non-hydrogen) atoms. The van der Waals surface area contributed by atoms with Crippen LogP contribution in [0.4, 0.5) is 0 Å². The van der Waals surface area contributed by atoms with E-state index >= 15 is 0 Å². The van der Waals surface area contributed by atoms with Gasteiger partial charge >= 0.3 is 0 Å². The molecule has 2 aromatic rings. The van der Waals surface area contributed by atoms with Crippen molar-refractivity contribution in [3.63, 3.8) is 0 Å². The highest BCUT2D eigenvalue weighted by Crippen LogP contribution is 2.18. The number of hydrogen-bond donors (Lipinski definition) is 0. The lowest BCUT2D eigenvalue weighted by Crippen LogP contribution is -2.42. The number of rotatable bonds is 5. The molecule has 0 saturated carbocycles. The van der Waals surface area contributed by atoms with Gasteiger partial charge in [-0.2, -0.15) is 0 Å². The monoisotopic (exact) mass is 319 g/mol. The largest absolute Gasteiger partial charge is 0.443 e. The van der Waals surface area contributed by atoms with Crippen LogP contribution < -0.4 is 0 Å². The van der Waals surface area contributed by atoms with Gasteiger partial charge in [0, 0.05) is 25.0 Å². The number of hydrogen-bond acceptors (Lipinski definition) is 6. The van der Waals surface area contributed by atoms with Crippen molar-refractivity contribution in [3.8, 4) is 0 Å². The van der Waals surface area contributed by atoms with Crippen molar-refractivity contribution < 1.29 is 9.15 Å². The Bertz CT molecular complexity index is 649. The van der Waals surface area contributed by atoms with E-state index in [-0.39, 0.29) is 5.92 Å². The number of aryl methyl sites for hydroxylation is 1. The molecule has 126 valence electrons. The van der Waals surface area contributed by atoms with Gasteiger partial charge in [-0.1, -0.05) is 19.1 Å². The summed E-state index contributed by atoms with van der Waals surface area (Å²) >= 11 is 0. The third-order valence-electron chi connectivity index (χ3n) is 4.17. The van der Waals surface area contributed by atoms with Crippen LogP contribution in [-0.4, -0.2) is 50.7 Å². The Hall–Kier alpha value is -1.73. The molecule has 0 bridgehead atoms.